The lowest BCUT2D eigenvalue weighted by molar-refractivity contribution is -0.147. The summed E-state index contributed by atoms with van der Waals surface area (Å²) in [4.78, 5) is 22.6. The molecule has 3 nitrogen and oxygen atoms in total. The lowest BCUT2D eigenvalue weighted by Gasteiger charge is -2.27. The van der Waals surface area contributed by atoms with Gasteiger partial charge < -0.3 is 9.53 Å². The van der Waals surface area contributed by atoms with Crippen molar-refractivity contribution in [3.8, 4) is 0 Å². The van der Waals surface area contributed by atoms with E-state index in [-0.39, 0.29) is 17.9 Å². The molecule has 94 valence electrons. The van der Waals surface area contributed by atoms with E-state index in [1.165, 1.54) is 0 Å². The fourth-order valence-corrected chi connectivity index (χ4v) is 3.34. The van der Waals surface area contributed by atoms with Crippen LogP contribution in [-0.4, -0.2) is 17.9 Å². The average molecular weight is 236 g/mol. The summed E-state index contributed by atoms with van der Waals surface area (Å²) in [6.07, 6.45) is 3.85. The molecule has 0 amide bonds. The van der Waals surface area contributed by atoms with Crippen molar-refractivity contribution >= 4 is 11.8 Å². The van der Waals surface area contributed by atoms with Crippen LogP contribution in [0.25, 0.3) is 0 Å². The number of carbonyl (C=O) groups excluding carboxylic acids is 2. The lowest BCUT2D eigenvalue weighted by Crippen LogP contribution is -2.28. The Morgan fingerprint density at radius 1 is 1.18 bits per heavy atom. The van der Waals surface area contributed by atoms with Crippen LogP contribution in [0.4, 0.5) is 0 Å². The second kappa shape index (κ2) is 4.63. The zero-order chi connectivity index (χ0) is 12.6. The Bertz CT molecular complexity index is 358. The third-order valence-electron chi connectivity index (χ3n) is 4.10. The van der Waals surface area contributed by atoms with Gasteiger partial charge in [0.15, 0.2) is 0 Å². The van der Waals surface area contributed by atoms with E-state index in [2.05, 4.69) is 6.58 Å². The second-order valence-corrected chi connectivity index (χ2v) is 5.62. The number of carbonyl (C=O) groups is 2. The maximum absolute atomic E-state index is 11.5. The molecule has 2 saturated carbocycles. The Morgan fingerprint density at radius 3 is 2.35 bits per heavy atom. The van der Waals surface area contributed by atoms with Crippen LogP contribution in [0.5, 0.6) is 0 Å². The molecule has 0 saturated heterocycles. The van der Waals surface area contributed by atoms with Crippen LogP contribution >= 0.6 is 0 Å². The number of ketones is 1. The number of ether oxygens (including phenoxy) is 1. The largest absolute Gasteiger partial charge is 0.459 e. The molecule has 4 atom stereocenters. The Balaban J connectivity index is 1.87. The quantitative estimate of drug-likeness (QED) is 0.556. The number of fused-ring (bicyclic) bond motifs is 2. The molecule has 0 aromatic carbocycles. The molecule has 0 radical (unpaired) electrons. The van der Waals surface area contributed by atoms with Crippen molar-refractivity contribution in [1.29, 1.82) is 0 Å². The monoisotopic (exact) mass is 236 g/mol. The van der Waals surface area contributed by atoms with Crippen LogP contribution in [0, 0.1) is 17.8 Å². The molecular formula is C14H20O3. The molecule has 2 bridgehead atoms. The van der Waals surface area contributed by atoms with Gasteiger partial charge in [-0.05, 0) is 50.9 Å². The standard InChI is InChI=1S/C14H20O3/c1-8(2)14(16)17-13-7-11-6-12(13)5-10(11)4-9(3)15/h10-13H,1,4-7H2,2-3H3. The van der Waals surface area contributed by atoms with Crippen molar-refractivity contribution < 1.29 is 14.3 Å². The summed E-state index contributed by atoms with van der Waals surface area (Å²) < 4.78 is 5.44. The van der Waals surface area contributed by atoms with Gasteiger partial charge in [-0.2, -0.15) is 0 Å². The van der Waals surface area contributed by atoms with Gasteiger partial charge in [-0.1, -0.05) is 6.58 Å². The number of hydrogen-bond acceptors (Lipinski definition) is 3. The minimum Gasteiger partial charge on any atom is -0.459 e. The average Bonchev–Trinajstić information content (AvgIpc) is 2.75. The van der Waals surface area contributed by atoms with E-state index in [9.17, 15) is 9.59 Å². The summed E-state index contributed by atoms with van der Waals surface area (Å²) in [5.74, 6) is 1.57. The summed E-state index contributed by atoms with van der Waals surface area (Å²) in [6, 6.07) is 0. The fraction of sp³-hybridized carbons (Fsp3) is 0.714. The van der Waals surface area contributed by atoms with Crippen molar-refractivity contribution in [2.75, 3.05) is 0 Å². The van der Waals surface area contributed by atoms with E-state index in [1.807, 2.05) is 0 Å². The SMILES string of the molecule is C=C(C)C(=O)OC1CC2CC1CC2CC(C)=O. The Morgan fingerprint density at radius 2 is 1.88 bits per heavy atom. The van der Waals surface area contributed by atoms with E-state index in [1.54, 1.807) is 13.8 Å². The first-order valence-electron chi connectivity index (χ1n) is 6.33. The Hall–Kier alpha value is -1.12. The van der Waals surface area contributed by atoms with E-state index < -0.39 is 0 Å². The van der Waals surface area contributed by atoms with E-state index in [4.69, 9.17) is 4.74 Å². The van der Waals surface area contributed by atoms with Crippen LogP contribution in [0.15, 0.2) is 12.2 Å². The summed E-state index contributed by atoms with van der Waals surface area (Å²) >= 11 is 0. The van der Waals surface area contributed by atoms with E-state index in [0.717, 1.165) is 19.3 Å². The minimum absolute atomic E-state index is 0.0624. The molecule has 17 heavy (non-hydrogen) atoms. The van der Waals surface area contributed by atoms with E-state index >= 15 is 0 Å². The summed E-state index contributed by atoms with van der Waals surface area (Å²) in [6.45, 7) is 6.93. The molecule has 2 fully saturated rings. The third kappa shape index (κ3) is 2.59. The zero-order valence-corrected chi connectivity index (χ0v) is 10.6. The van der Waals surface area contributed by atoms with Gasteiger partial charge in [0.25, 0.3) is 0 Å². The predicted octanol–water partition coefficient (Wildman–Crippen LogP) is 2.50. The van der Waals surface area contributed by atoms with Crippen molar-refractivity contribution in [1.82, 2.24) is 0 Å². The number of rotatable bonds is 4. The topological polar surface area (TPSA) is 43.4 Å². The van der Waals surface area contributed by atoms with Crippen molar-refractivity contribution in [3.63, 3.8) is 0 Å². The van der Waals surface area contributed by atoms with Crippen LogP contribution in [0.1, 0.15) is 39.5 Å². The smallest absolute Gasteiger partial charge is 0.333 e. The Kier molecular flexibility index (Phi) is 3.36. The molecule has 0 spiro atoms. The van der Waals surface area contributed by atoms with Gasteiger partial charge in [-0.3, -0.25) is 0 Å². The van der Waals surface area contributed by atoms with Crippen molar-refractivity contribution in [3.05, 3.63) is 12.2 Å². The van der Waals surface area contributed by atoms with Gasteiger partial charge >= 0.3 is 5.97 Å². The molecule has 0 aliphatic heterocycles. The van der Waals surface area contributed by atoms with Gasteiger partial charge in [0, 0.05) is 12.0 Å². The number of hydrogen-bond donors (Lipinski definition) is 0. The second-order valence-electron chi connectivity index (χ2n) is 5.62. The van der Waals surface area contributed by atoms with Crippen LogP contribution in [-0.2, 0) is 14.3 Å². The van der Waals surface area contributed by atoms with Gasteiger partial charge in [0.05, 0.1) is 0 Å². The molecule has 2 aliphatic carbocycles. The minimum atomic E-state index is -0.273. The molecule has 2 rings (SSSR count). The van der Waals surface area contributed by atoms with Gasteiger partial charge in [0.1, 0.15) is 11.9 Å². The first-order chi connectivity index (χ1) is 7.97. The van der Waals surface area contributed by atoms with Gasteiger partial charge in [-0.15, -0.1) is 0 Å². The molecular weight excluding hydrogens is 216 g/mol. The zero-order valence-electron chi connectivity index (χ0n) is 10.6. The Labute approximate surface area is 102 Å². The fourth-order valence-electron chi connectivity index (χ4n) is 3.34. The molecule has 4 unspecified atom stereocenters. The predicted molar refractivity (Wildman–Crippen MR) is 64.3 cm³/mol. The first-order valence-corrected chi connectivity index (χ1v) is 6.33. The molecule has 0 aromatic heterocycles. The summed E-state index contributed by atoms with van der Waals surface area (Å²) in [5, 5.41) is 0. The van der Waals surface area contributed by atoms with Crippen LogP contribution < -0.4 is 0 Å². The highest BCUT2D eigenvalue weighted by Crippen LogP contribution is 2.50. The number of esters is 1. The summed E-state index contributed by atoms with van der Waals surface area (Å²) in [7, 11) is 0. The normalized spacial score (nSPS) is 34.7. The maximum Gasteiger partial charge on any atom is 0.333 e. The summed E-state index contributed by atoms with van der Waals surface area (Å²) in [5.41, 5.74) is 0.466. The molecule has 0 heterocycles. The third-order valence-corrected chi connectivity index (χ3v) is 4.10. The van der Waals surface area contributed by atoms with Crippen molar-refractivity contribution in [2.24, 2.45) is 17.8 Å². The highest BCUT2D eigenvalue weighted by Gasteiger charge is 2.47. The highest BCUT2D eigenvalue weighted by molar-refractivity contribution is 5.87. The first kappa shape index (κ1) is 12.3. The van der Waals surface area contributed by atoms with Gasteiger partial charge in [0.2, 0.25) is 0 Å². The molecule has 0 N–H and O–H groups in total. The maximum atomic E-state index is 11.5. The molecule has 0 aromatic rings. The molecule has 3 heteroatoms. The van der Waals surface area contributed by atoms with Crippen LogP contribution in [0.2, 0.25) is 0 Å². The van der Waals surface area contributed by atoms with Crippen molar-refractivity contribution in [2.45, 2.75) is 45.6 Å². The van der Waals surface area contributed by atoms with E-state index in [0.29, 0.717) is 29.7 Å². The van der Waals surface area contributed by atoms with Crippen LogP contribution in [0.3, 0.4) is 0 Å². The van der Waals surface area contributed by atoms with Gasteiger partial charge in [-0.25, -0.2) is 4.79 Å². The molecule has 2 aliphatic rings. The lowest BCUT2D eigenvalue weighted by atomic mass is 9.84. The number of Topliss-reactive ketones (excluding diaryl/α,β-unsaturated/α-hetero) is 1. The highest BCUT2D eigenvalue weighted by atomic mass is 16.5.